The Bertz CT molecular complexity index is 1020. The van der Waals surface area contributed by atoms with Crippen molar-refractivity contribution in [3.05, 3.63) is 72.3 Å². The fourth-order valence-corrected chi connectivity index (χ4v) is 2.88. The van der Waals surface area contributed by atoms with Gasteiger partial charge in [0.05, 0.1) is 11.9 Å². The second-order valence-electron chi connectivity index (χ2n) is 5.65. The van der Waals surface area contributed by atoms with E-state index in [2.05, 4.69) is 27.8 Å². The van der Waals surface area contributed by atoms with Gasteiger partial charge in [0, 0.05) is 0 Å². The second kappa shape index (κ2) is 6.12. The summed E-state index contributed by atoms with van der Waals surface area (Å²) in [5.74, 6) is -0.0362. The molecule has 0 radical (unpaired) electrons. The summed E-state index contributed by atoms with van der Waals surface area (Å²) >= 11 is 0. The van der Waals surface area contributed by atoms with E-state index < -0.39 is 0 Å². The number of hydrogen-bond donors (Lipinski definition) is 1. The van der Waals surface area contributed by atoms with E-state index in [1.807, 2.05) is 54.6 Å². The minimum absolute atomic E-state index is 0.0362. The molecule has 1 aromatic heterocycles. The lowest BCUT2D eigenvalue weighted by molar-refractivity contribution is -0.120. The summed E-state index contributed by atoms with van der Waals surface area (Å²) in [4.78, 5) is 12.3. The molecule has 3 aromatic carbocycles. The molecule has 0 aliphatic carbocycles. The number of para-hydroxylation sites is 1. The fourth-order valence-electron chi connectivity index (χ4n) is 2.88. The predicted molar refractivity (Wildman–Crippen MR) is 93.3 cm³/mol. The summed E-state index contributed by atoms with van der Waals surface area (Å²) in [6, 6.07) is 21.8. The van der Waals surface area contributed by atoms with Crippen LogP contribution in [0.4, 0.5) is 0 Å². The first-order valence-electron chi connectivity index (χ1n) is 7.83. The number of fused-ring (bicyclic) bond motifs is 2. The number of hydrogen-bond acceptors (Lipinski definition) is 3. The van der Waals surface area contributed by atoms with E-state index in [9.17, 15) is 4.79 Å². The monoisotopic (exact) mass is 316 g/mol. The molecule has 0 spiro atoms. The number of rotatable bonds is 4. The highest BCUT2D eigenvalue weighted by atomic mass is 16.1. The standard InChI is InChI=1S/C19H16N4O/c24-19(12-15-8-5-7-14-6-1-2-9-16(14)15)20-13-23-18-11-4-3-10-17(18)21-22-23/h1-11H,12-13H2,(H,20,24). The molecule has 0 aliphatic rings. The van der Waals surface area contributed by atoms with Crippen LogP contribution in [0, 0.1) is 0 Å². The van der Waals surface area contributed by atoms with Gasteiger partial charge in [-0.15, -0.1) is 5.10 Å². The average Bonchev–Trinajstić information content (AvgIpc) is 3.04. The van der Waals surface area contributed by atoms with E-state index in [0.29, 0.717) is 13.1 Å². The molecule has 0 saturated heterocycles. The van der Waals surface area contributed by atoms with Crippen LogP contribution in [0.3, 0.4) is 0 Å². The van der Waals surface area contributed by atoms with Gasteiger partial charge >= 0.3 is 0 Å². The highest BCUT2D eigenvalue weighted by Gasteiger charge is 2.08. The number of carbonyl (C=O) groups is 1. The highest BCUT2D eigenvalue weighted by molar-refractivity contribution is 5.90. The van der Waals surface area contributed by atoms with Crippen molar-refractivity contribution in [3.63, 3.8) is 0 Å². The zero-order chi connectivity index (χ0) is 16.4. The fraction of sp³-hybridized carbons (Fsp3) is 0.105. The van der Waals surface area contributed by atoms with Crippen LogP contribution in [0.25, 0.3) is 21.8 Å². The summed E-state index contributed by atoms with van der Waals surface area (Å²) in [7, 11) is 0. The van der Waals surface area contributed by atoms with Crippen molar-refractivity contribution in [3.8, 4) is 0 Å². The molecule has 118 valence electrons. The molecular weight excluding hydrogens is 300 g/mol. The van der Waals surface area contributed by atoms with Gasteiger partial charge in [0.25, 0.3) is 0 Å². The molecule has 0 bridgehead atoms. The summed E-state index contributed by atoms with van der Waals surface area (Å²) in [5, 5.41) is 13.3. The van der Waals surface area contributed by atoms with Gasteiger partial charge in [-0.3, -0.25) is 4.79 Å². The Balaban J connectivity index is 1.48. The molecule has 4 aromatic rings. The summed E-state index contributed by atoms with van der Waals surface area (Å²) in [6.07, 6.45) is 0.341. The quantitative estimate of drug-likeness (QED) is 0.630. The maximum absolute atomic E-state index is 12.3. The Morgan fingerprint density at radius 2 is 1.75 bits per heavy atom. The molecule has 4 rings (SSSR count). The molecule has 5 nitrogen and oxygen atoms in total. The van der Waals surface area contributed by atoms with Gasteiger partial charge in [0.2, 0.25) is 5.91 Å². The van der Waals surface area contributed by atoms with Crippen LogP contribution in [0.5, 0.6) is 0 Å². The maximum atomic E-state index is 12.3. The predicted octanol–water partition coefficient (Wildman–Crippen LogP) is 2.90. The van der Waals surface area contributed by atoms with E-state index in [0.717, 1.165) is 27.4 Å². The van der Waals surface area contributed by atoms with E-state index in [-0.39, 0.29) is 5.91 Å². The average molecular weight is 316 g/mol. The first-order chi connectivity index (χ1) is 11.8. The van der Waals surface area contributed by atoms with Gasteiger partial charge in [0.15, 0.2) is 0 Å². The Morgan fingerprint density at radius 1 is 0.958 bits per heavy atom. The van der Waals surface area contributed by atoms with Crippen LogP contribution in [0.15, 0.2) is 66.7 Å². The van der Waals surface area contributed by atoms with Crippen LogP contribution in [0.1, 0.15) is 5.56 Å². The number of amides is 1. The van der Waals surface area contributed by atoms with Crippen LogP contribution >= 0.6 is 0 Å². The van der Waals surface area contributed by atoms with Crippen LogP contribution in [0.2, 0.25) is 0 Å². The Morgan fingerprint density at radius 3 is 2.71 bits per heavy atom. The maximum Gasteiger partial charge on any atom is 0.225 e. The molecule has 1 N–H and O–H groups in total. The van der Waals surface area contributed by atoms with Crippen molar-refractivity contribution < 1.29 is 4.79 Å². The van der Waals surface area contributed by atoms with Gasteiger partial charge in [-0.2, -0.15) is 0 Å². The lowest BCUT2D eigenvalue weighted by Crippen LogP contribution is -2.28. The SMILES string of the molecule is O=C(Cc1cccc2ccccc12)NCn1nnc2ccccc21. The number of aromatic nitrogens is 3. The largest absolute Gasteiger partial charge is 0.336 e. The second-order valence-corrected chi connectivity index (χ2v) is 5.65. The Hall–Kier alpha value is -3.21. The lowest BCUT2D eigenvalue weighted by atomic mass is 10.0. The number of nitrogens with one attached hydrogen (secondary N) is 1. The third-order valence-corrected chi connectivity index (χ3v) is 4.08. The summed E-state index contributed by atoms with van der Waals surface area (Å²) < 4.78 is 1.69. The van der Waals surface area contributed by atoms with Crippen molar-refractivity contribution in [1.29, 1.82) is 0 Å². The van der Waals surface area contributed by atoms with Gasteiger partial charge in [0.1, 0.15) is 12.2 Å². The van der Waals surface area contributed by atoms with Crippen molar-refractivity contribution >= 4 is 27.7 Å². The molecule has 0 atom stereocenters. The third kappa shape index (κ3) is 2.72. The van der Waals surface area contributed by atoms with E-state index >= 15 is 0 Å². The molecular formula is C19H16N4O. The molecule has 0 saturated carbocycles. The topological polar surface area (TPSA) is 59.8 Å². The molecule has 5 heteroatoms. The Kier molecular flexibility index (Phi) is 3.67. The highest BCUT2D eigenvalue weighted by Crippen LogP contribution is 2.18. The summed E-state index contributed by atoms with van der Waals surface area (Å²) in [6.45, 7) is 0.310. The van der Waals surface area contributed by atoms with E-state index in [1.54, 1.807) is 4.68 Å². The van der Waals surface area contributed by atoms with Gasteiger partial charge in [-0.25, -0.2) is 4.68 Å². The van der Waals surface area contributed by atoms with Crippen LogP contribution in [-0.4, -0.2) is 20.9 Å². The van der Waals surface area contributed by atoms with Crippen molar-refractivity contribution in [2.75, 3.05) is 0 Å². The smallest absolute Gasteiger partial charge is 0.225 e. The van der Waals surface area contributed by atoms with Crippen molar-refractivity contribution in [2.24, 2.45) is 0 Å². The molecule has 24 heavy (non-hydrogen) atoms. The number of benzene rings is 3. The van der Waals surface area contributed by atoms with Gasteiger partial charge < -0.3 is 5.32 Å². The molecule has 0 fully saturated rings. The zero-order valence-electron chi connectivity index (χ0n) is 13.0. The zero-order valence-corrected chi connectivity index (χ0v) is 13.0. The lowest BCUT2D eigenvalue weighted by Gasteiger charge is -2.08. The molecule has 0 unspecified atom stereocenters. The number of nitrogens with zero attached hydrogens (tertiary/aromatic N) is 3. The molecule has 0 aliphatic heterocycles. The summed E-state index contributed by atoms with van der Waals surface area (Å²) in [5.41, 5.74) is 2.75. The van der Waals surface area contributed by atoms with Crippen molar-refractivity contribution in [1.82, 2.24) is 20.3 Å². The third-order valence-electron chi connectivity index (χ3n) is 4.08. The minimum atomic E-state index is -0.0362. The first-order valence-corrected chi connectivity index (χ1v) is 7.83. The van der Waals surface area contributed by atoms with Gasteiger partial charge in [-0.05, 0) is 28.5 Å². The number of carbonyl (C=O) groups excluding carboxylic acids is 1. The molecule has 1 heterocycles. The van der Waals surface area contributed by atoms with E-state index in [4.69, 9.17) is 0 Å². The van der Waals surface area contributed by atoms with Crippen LogP contribution < -0.4 is 5.32 Å². The van der Waals surface area contributed by atoms with E-state index in [1.165, 1.54) is 0 Å². The first kappa shape index (κ1) is 14.4. The van der Waals surface area contributed by atoms with Gasteiger partial charge in [-0.1, -0.05) is 59.8 Å². The van der Waals surface area contributed by atoms with Crippen molar-refractivity contribution in [2.45, 2.75) is 13.1 Å². The van der Waals surface area contributed by atoms with Crippen LogP contribution in [-0.2, 0) is 17.9 Å². The molecule has 1 amide bonds. The normalized spacial score (nSPS) is 11.0. The Labute approximate surface area is 138 Å². The minimum Gasteiger partial charge on any atom is -0.336 e.